The van der Waals surface area contributed by atoms with E-state index >= 15 is 0 Å². The molecule has 0 aliphatic heterocycles. The Morgan fingerprint density at radius 2 is 1.76 bits per heavy atom. The standard InChI is InChI=1S/C18H16Cl2N2O2S/c1-22(2)18(24)25-15-7-5-14(6-8-15)21-17(23)10-3-12-11-13(19)4-9-16(12)20/h3-11H,1-2H3,(H,21,23)/b10-3+. The van der Waals surface area contributed by atoms with Crippen molar-refractivity contribution in [3.8, 4) is 0 Å². The third-order valence-electron chi connectivity index (χ3n) is 3.06. The van der Waals surface area contributed by atoms with Crippen molar-refractivity contribution in [2.75, 3.05) is 19.4 Å². The first-order valence-electron chi connectivity index (χ1n) is 7.28. The van der Waals surface area contributed by atoms with Gasteiger partial charge in [0.1, 0.15) is 0 Å². The molecule has 0 saturated carbocycles. The van der Waals surface area contributed by atoms with Crippen molar-refractivity contribution in [1.29, 1.82) is 0 Å². The van der Waals surface area contributed by atoms with Gasteiger partial charge in [0.15, 0.2) is 0 Å². The zero-order valence-corrected chi connectivity index (χ0v) is 16.0. The number of nitrogens with zero attached hydrogens (tertiary/aromatic N) is 1. The van der Waals surface area contributed by atoms with Crippen LogP contribution in [0.15, 0.2) is 53.4 Å². The van der Waals surface area contributed by atoms with Crippen molar-refractivity contribution in [2.24, 2.45) is 0 Å². The number of hydrogen-bond acceptors (Lipinski definition) is 3. The Morgan fingerprint density at radius 3 is 2.40 bits per heavy atom. The van der Waals surface area contributed by atoms with Crippen LogP contribution in [-0.4, -0.2) is 30.1 Å². The molecule has 2 rings (SSSR count). The number of anilines is 1. The molecule has 130 valence electrons. The molecule has 2 amide bonds. The van der Waals surface area contributed by atoms with Gasteiger partial charge in [-0.3, -0.25) is 9.59 Å². The lowest BCUT2D eigenvalue weighted by Crippen LogP contribution is -2.16. The molecule has 2 aromatic rings. The fraction of sp³-hybridized carbons (Fsp3) is 0.111. The summed E-state index contributed by atoms with van der Waals surface area (Å²) in [6.07, 6.45) is 2.99. The average Bonchev–Trinajstić information content (AvgIpc) is 2.57. The summed E-state index contributed by atoms with van der Waals surface area (Å²) in [4.78, 5) is 25.9. The minimum atomic E-state index is -0.291. The molecule has 4 nitrogen and oxygen atoms in total. The molecule has 0 saturated heterocycles. The molecule has 0 spiro atoms. The zero-order chi connectivity index (χ0) is 18.4. The molecule has 1 N–H and O–H groups in total. The Morgan fingerprint density at radius 1 is 1.08 bits per heavy atom. The van der Waals surface area contributed by atoms with Crippen LogP contribution in [0.2, 0.25) is 10.0 Å². The molecule has 0 atom stereocenters. The molecular weight excluding hydrogens is 379 g/mol. The summed E-state index contributed by atoms with van der Waals surface area (Å²) in [6, 6.07) is 12.1. The number of hydrogen-bond donors (Lipinski definition) is 1. The number of halogens is 2. The van der Waals surface area contributed by atoms with Crippen LogP contribution in [0.1, 0.15) is 5.56 Å². The maximum atomic E-state index is 12.0. The molecule has 0 aliphatic carbocycles. The fourth-order valence-electron chi connectivity index (χ4n) is 1.79. The number of benzene rings is 2. The first-order valence-corrected chi connectivity index (χ1v) is 8.86. The topological polar surface area (TPSA) is 49.4 Å². The van der Waals surface area contributed by atoms with E-state index < -0.39 is 0 Å². The Hall–Kier alpha value is -1.95. The normalized spacial score (nSPS) is 10.7. The Balaban J connectivity index is 1.97. The monoisotopic (exact) mass is 394 g/mol. The van der Waals surface area contributed by atoms with Gasteiger partial charge in [0.25, 0.3) is 5.24 Å². The highest BCUT2D eigenvalue weighted by Crippen LogP contribution is 2.23. The summed E-state index contributed by atoms with van der Waals surface area (Å²) in [5.74, 6) is -0.291. The SMILES string of the molecule is CN(C)C(=O)Sc1ccc(NC(=O)/C=C/c2cc(Cl)ccc2Cl)cc1. The number of nitrogens with one attached hydrogen (secondary N) is 1. The summed E-state index contributed by atoms with van der Waals surface area (Å²) in [7, 11) is 3.39. The van der Waals surface area contributed by atoms with Gasteiger partial charge < -0.3 is 10.2 Å². The molecule has 0 unspecified atom stereocenters. The van der Waals surface area contributed by atoms with Gasteiger partial charge in [0, 0.05) is 40.8 Å². The number of carbonyl (C=O) groups excluding carboxylic acids is 2. The minimum absolute atomic E-state index is 0.0573. The van der Waals surface area contributed by atoms with Crippen molar-refractivity contribution >= 4 is 57.9 Å². The predicted octanol–water partition coefficient (Wildman–Crippen LogP) is 5.42. The summed E-state index contributed by atoms with van der Waals surface area (Å²) in [6.45, 7) is 0. The van der Waals surface area contributed by atoms with Gasteiger partial charge in [-0.2, -0.15) is 0 Å². The van der Waals surface area contributed by atoms with Crippen molar-refractivity contribution in [1.82, 2.24) is 4.90 Å². The lowest BCUT2D eigenvalue weighted by Gasteiger charge is -2.09. The highest BCUT2D eigenvalue weighted by Gasteiger charge is 2.07. The van der Waals surface area contributed by atoms with Crippen LogP contribution >= 0.6 is 35.0 Å². The Kier molecular flexibility index (Phi) is 6.93. The maximum absolute atomic E-state index is 12.0. The molecular formula is C18H16Cl2N2O2S. The minimum Gasteiger partial charge on any atom is -0.339 e. The van der Waals surface area contributed by atoms with Gasteiger partial charge in [-0.05, 0) is 65.9 Å². The number of carbonyl (C=O) groups is 2. The summed E-state index contributed by atoms with van der Waals surface area (Å²) < 4.78 is 0. The first kappa shape index (κ1) is 19.4. The van der Waals surface area contributed by atoms with Gasteiger partial charge in [-0.15, -0.1) is 0 Å². The molecule has 0 aromatic heterocycles. The Bertz CT molecular complexity index is 805. The third-order valence-corrected chi connectivity index (χ3v) is 4.69. The van der Waals surface area contributed by atoms with Crippen molar-refractivity contribution < 1.29 is 9.59 Å². The van der Waals surface area contributed by atoms with E-state index in [1.54, 1.807) is 62.6 Å². The van der Waals surface area contributed by atoms with Gasteiger partial charge in [-0.1, -0.05) is 23.2 Å². The van der Waals surface area contributed by atoms with E-state index in [1.165, 1.54) is 11.0 Å². The first-order chi connectivity index (χ1) is 11.8. The Labute approximate surface area is 160 Å². The lowest BCUT2D eigenvalue weighted by molar-refractivity contribution is -0.111. The number of amides is 2. The van der Waals surface area contributed by atoms with E-state index in [4.69, 9.17) is 23.2 Å². The molecule has 0 aliphatic rings. The van der Waals surface area contributed by atoms with Gasteiger partial charge >= 0.3 is 0 Å². The molecule has 2 aromatic carbocycles. The van der Waals surface area contributed by atoms with Crippen LogP contribution in [0.25, 0.3) is 6.08 Å². The van der Waals surface area contributed by atoms with E-state index in [1.807, 2.05) is 0 Å². The summed E-state index contributed by atoms with van der Waals surface area (Å²) >= 11 is 13.1. The largest absolute Gasteiger partial charge is 0.339 e. The quantitative estimate of drug-likeness (QED) is 0.556. The summed E-state index contributed by atoms with van der Waals surface area (Å²) in [5.41, 5.74) is 1.30. The molecule has 25 heavy (non-hydrogen) atoms. The van der Waals surface area contributed by atoms with E-state index in [-0.39, 0.29) is 11.1 Å². The smallest absolute Gasteiger partial charge is 0.285 e. The van der Waals surface area contributed by atoms with Crippen molar-refractivity contribution in [3.05, 3.63) is 64.1 Å². The van der Waals surface area contributed by atoms with E-state index in [0.717, 1.165) is 16.7 Å². The lowest BCUT2D eigenvalue weighted by atomic mass is 10.2. The van der Waals surface area contributed by atoms with Gasteiger partial charge in [0.2, 0.25) is 5.91 Å². The predicted molar refractivity (Wildman–Crippen MR) is 106 cm³/mol. The van der Waals surface area contributed by atoms with Gasteiger partial charge in [-0.25, -0.2) is 0 Å². The second-order valence-electron chi connectivity index (χ2n) is 5.28. The molecule has 0 radical (unpaired) electrons. The average molecular weight is 395 g/mol. The molecule has 0 bridgehead atoms. The van der Waals surface area contributed by atoms with Crippen molar-refractivity contribution in [2.45, 2.75) is 4.90 Å². The van der Waals surface area contributed by atoms with Gasteiger partial charge in [0.05, 0.1) is 0 Å². The van der Waals surface area contributed by atoms with Crippen LogP contribution < -0.4 is 5.32 Å². The van der Waals surface area contributed by atoms with E-state index in [0.29, 0.717) is 21.3 Å². The highest BCUT2D eigenvalue weighted by molar-refractivity contribution is 8.13. The van der Waals surface area contributed by atoms with Crippen LogP contribution in [0.3, 0.4) is 0 Å². The molecule has 0 fully saturated rings. The van der Waals surface area contributed by atoms with Crippen LogP contribution in [0.4, 0.5) is 10.5 Å². The van der Waals surface area contributed by atoms with Crippen LogP contribution in [0.5, 0.6) is 0 Å². The second-order valence-corrected chi connectivity index (χ2v) is 7.14. The maximum Gasteiger partial charge on any atom is 0.285 e. The number of rotatable bonds is 4. The number of thioether (sulfide) groups is 1. The highest BCUT2D eigenvalue weighted by atomic mass is 35.5. The van der Waals surface area contributed by atoms with E-state index in [9.17, 15) is 9.59 Å². The second kappa shape index (κ2) is 8.94. The molecule has 0 heterocycles. The van der Waals surface area contributed by atoms with Crippen LogP contribution in [0, 0.1) is 0 Å². The van der Waals surface area contributed by atoms with Crippen LogP contribution in [-0.2, 0) is 4.79 Å². The van der Waals surface area contributed by atoms with E-state index in [2.05, 4.69) is 5.32 Å². The zero-order valence-electron chi connectivity index (χ0n) is 13.6. The fourth-order valence-corrected chi connectivity index (χ4v) is 2.81. The summed E-state index contributed by atoms with van der Waals surface area (Å²) in [5, 5.41) is 3.75. The third kappa shape index (κ3) is 6.12. The van der Waals surface area contributed by atoms with Crippen molar-refractivity contribution in [3.63, 3.8) is 0 Å². The molecule has 7 heteroatoms.